The molecule has 3 heterocycles. The molecule has 49 heavy (non-hydrogen) atoms. The van der Waals surface area contributed by atoms with Crippen molar-refractivity contribution in [1.82, 2.24) is 25.5 Å². The number of methoxy groups -OCH3 is 1. The molecule has 3 amide bonds. The lowest BCUT2D eigenvalue weighted by atomic mass is 9.85. The second kappa shape index (κ2) is 16.2. The molecule has 0 spiro atoms. The number of rotatable bonds is 10. The van der Waals surface area contributed by atoms with Crippen molar-refractivity contribution in [2.75, 3.05) is 49.3 Å². The quantitative estimate of drug-likeness (QED) is 0.214. The van der Waals surface area contributed by atoms with Gasteiger partial charge < -0.3 is 35.8 Å². The third kappa shape index (κ3) is 8.66. The minimum atomic E-state index is -0.808. The van der Waals surface area contributed by atoms with E-state index >= 15 is 0 Å². The molecule has 2 aromatic carbocycles. The highest BCUT2D eigenvalue weighted by Crippen LogP contribution is 2.36. The molecule has 5 rings (SSSR count). The first-order chi connectivity index (χ1) is 22.9. The third-order valence-electron chi connectivity index (χ3n) is 9.19. The normalized spacial score (nSPS) is 17.6. The Kier molecular flexibility index (Phi) is 12.6. The molecule has 0 saturated carbocycles. The van der Waals surface area contributed by atoms with Crippen LogP contribution in [-0.2, 0) is 14.4 Å². The molecule has 266 valence electrons. The molecule has 12 nitrogen and oxygen atoms in total. The van der Waals surface area contributed by atoms with Gasteiger partial charge in [0.05, 0.1) is 35.1 Å². The zero-order valence-electron chi connectivity index (χ0n) is 29.1. The lowest BCUT2D eigenvalue weighted by Crippen LogP contribution is -2.59. The van der Waals surface area contributed by atoms with Gasteiger partial charge in [0.2, 0.25) is 17.7 Å². The topological polar surface area (TPSA) is 141 Å². The van der Waals surface area contributed by atoms with E-state index < -0.39 is 23.5 Å². The summed E-state index contributed by atoms with van der Waals surface area (Å²) in [5.41, 5.74) is 2.26. The summed E-state index contributed by atoms with van der Waals surface area (Å²) in [6, 6.07) is 7.42. The van der Waals surface area contributed by atoms with Crippen LogP contribution in [0.3, 0.4) is 0 Å². The summed E-state index contributed by atoms with van der Waals surface area (Å²) in [7, 11) is 3.21. The summed E-state index contributed by atoms with van der Waals surface area (Å²) in [6.07, 6.45) is 6.19. The average Bonchev–Trinajstić information content (AvgIpc) is 3.57. The predicted octanol–water partition coefficient (Wildman–Crippen LogP) is 5.52. The molecule has 2 aliphatic rings. The SMILES string of the molecule is CNC(C)C(=O)NC(C(=O)N1CCCC1C(=O)Nc1cc2c(Nc3ccc(N4CCCCC4)c(Cl)c3)ncnc2cc1OC)C(C)(C)C.Cl. The number of halogens is 2. The number of anilines is 4. The number of fused-ring (bicyclic) bond motifs is 1. The lowest BCUT2D eigenvalue weighted by Gasteiger charge is -2.36. The van der Waals surface area contributed by atoms with Crippen molar-refractivity contribution in [2.24, 2.45) is 5.41 Å². The Labute approximate surface area is 299 Å². The molecule has 4 N–H and O–H groups in total. The number of ether oxygens (including phenoxy) is 1. The number of aromatic nitrogens is 2. The second-order valence-corrected chi connectivity index (χ2v) is 14.0. The van der Waals surface area contributed by atoms with Crippen LogP contribution in [0.2, 0.25) is 5.02 Å². The van der Waals surface area contributed by atoms with E-state index in [9.17, 15) is 14.4 Å². The van der Waals surface area contributed by atoms with E-state index in [1.54, 1.807) is 31.0 Å². The number of nitrogens with zero attached hydrogens (tertiary/aromatic N) is 4. The fourth-order valence-electron chi connectivity index (χ4n) is 6.29. The highest BCUT2D eigenvalue weighted by molar-refractivity contribution is 6.33. The smallest absolute Gasteiger partial charge is 0.247 e. The van der Waals surface area contributed by atoms with Gasteiger partial charge in [-0.25, -0.2) is 9.97 Å². The minimum Gasteiger partial charge on any atom is -0.494 e. The molecule has 2 saturated heterocycles. The number of nitrogens with one attached hydrogen (secondary N) is 4. The number of benzene rings is 2. The minimum absolute atomic E-state index is 0. The number of likely N-dealkylation sites (tertiary alicyclic amines) is 1. The molecular weight excluding hydrogens is 667 g/mol. The van der Waals surface area contributed by atoms with E-state index in [-0.39, 0.29) is 30.1 Å². The number of hydrogen-bond acceptors (Lipinski definition) is 9. The Morgan fingerprint density at radius 1 is 1.02 bits per heavy atom. The summed E-state index contributed by atoms with van der Waals surface area (Å²) in [5, 5.41) is 13.5. The zero-order valence-corrected chi connectivity index (χ0v) is 30.6. The maximum absolute atomic E-state index is 13.9. The molecular formula is C35H48Cl2N8O4. The molecule has 1 aromatic heterocycles. The van der Waals surface area contributed by atoms with Crippen LogP contribution >= 0.6 is 24.0 Å². The molecule has 0 aliphatic carbocycles. The summed E-state index contributed by atoms with van der Waals surface area (Å²) in [6.45, 7) is 9.83. The van der Waals surface area contributed by atoms with Crippen LogP contribution in [0.4, 0.5) is 22.9 Å². The van der Waals surface area contributed by atoms with Gasteiger partial charge in [0.25, 0.3) is 0 Å². The van der Waals surface area contributed by atoms with Gasteiger partial charge in [0.15, 0.2) is 0 Å². The van der Waals surface area contributed by atoms with Crippen LogP contribution in [0.25, 0.3) is 10.9 Å². The lowest BCUT2D eigenvalue weighted by molar-refractivity contribution is -0.143. The van der Waals surface area contributed by atoms with Gasteiger partial charge in [-0.15, -0.1) is 12.4 Å². The predicted molar refractivity (Wildman–Crippen MR) is 197 cm³/mol. The Morgan fingerprint density at radius 2 is 1.76 bits per heavy atom. The van der Waals surface area contributed by atoms with Crippen LogP contribution in [0.15, 0.2) is 36.7 Å². The van der Waals surface area contributed by atoms with Crippen LogP contribution in [0.1, 0.15) is 59.8 Å². The molecule has 2 fully saturated rings. The molecule has 3 unspecified atom stereocenters. The van der Waals surface area contributed by atoms with Crippen molar-refractivity contribution >= 4 is 75.5 Å². The van der Waals surface area contributed by atoms with Crippen molar-refractivity contribution in [3.8, 4) is 5.75 Å². The number of piperidine rings is 1. The molecule has 14 heteroatoms. The molecule has 0 bridgehead atoms. The van der Waals surface area contributed by atoms with Gasteiger partial charge in [-0.05, 0) is 75.8 Å². The average molecular weight is 716 g/mol. The Balaban J connectivity index is 0.00000541. The van der Waals surface area contributed by atoms with Gasteiger partial charge in [0.1, 0.15) is 30.0 Å². The number of hydrogen-bond donors (Lipinski definition) is 4. The van der Waals surface area contributed by atoms with Gasteiger partial charge >= 0.3 is 0 Å². The number of carbonyl (C=O) groups is 3. The van der Waals surface area contributed by atoms with E-state index in [1.165, 1.54) is 19.9 Å². The van der Waals surface area contributed by atoms with Gasteiger partial charge in [-0.3, -0.25) is 14.4 Å². The zero-order chi connectivity index (χ0) is 34.6. The van der Waals surface area contributed by atoms with Crippen molar-refractivity contribution in [3.63, 3.8) is 0 Å². The molecule has 2 aliphatic heterocycles. The summed E-state index contributed by atoms with van der Waals surface area (Å²) < 4.78 is 5.64. The van der Waals surface area contributed by atoms with Crippen molar-refractivity contribution in [1.29, 1.82) is 0 Å². The first kappa shape index (κ1) is 37.9. The first-order valence-electron chi connectivity index (χ1n) is 16.6. The van der Waals surface area contributed by atoms with Crippen molar-refractivity contribution in [2.45, 2.75) is 77.9 Å². The van der Waals surface area contributed by atoms with Crippen LogP contribution < -0.4 is 30.9 Å². The van der Waals surface area contributed by atoms with Crippen molar-refractivity contribution in [3.05, 3.63) is 41.7 Å². The monoisotopic (exact) mass is 714 g/mol. The van der Waals surface area contributed by atoms with E-state index in [0.717, 1.165) is 37.3 Å². The Morgan fingerprint density at radius 3 is 2.41 bits per heavy atom. The van der Waals surface area contributed by atoms with E-state index in [1.807, 2.05) is 39.0 Å². The highest BCUT2D eigenvalue weighted by atomic mass is 35.5. The van der Waals surface area contributed by atoms with E-state index in [2.05, 4.69) is 36.1 Å². The fourth-order valence-corrected chi connectivity index (χ4v) is 6.59. The largest absolute Gasteiger partial charge is 0.494 e. The Bertz CT molecular complexity index is 1660. The standard InChI is InChI=1S/C35H47ClN8O4.ClH/c1-21(37-5)32(45)42-30(35(2,3)4)34(47)44-16-10-11-28(44)33(46)41-26-18-23-25(19-29(26)48-6)38-20-39-31(23)40-22-12-13-27(24(36)17-22)43-14-8-7-9-15-43;/h12-13,17-21,28,30,37H,7-11,14-16H2,1-6H3,(H,41,46)(H,42,45)(H,38,39,40);1H. The fraction of sp³-hybridized carbons (Fsp3) is 0.514. The summed E-state index contributed by atoms with van der Waals surface area (Å²) in [4.78, 5) is 53.3. The molecule has 3 atom stereocenters. The second-order valence-electron chi connectivity index (χ2n) is 13.6. The maximum atomic E-state index is 13.9. The highest BCUT2D eigenvalue weighted by Gasteiger charge is 2.42. The number of amides is 3. The molecule has 0 radical (unpaired) electrons. The Hall–Kier alpha value is -3.87. The molecule has 3 aromatic rings. The summed E-state index contributed by atoms with van der Waals surface area (Å²) >= 11 is 6.73. The summed E-state index contributed by atoms with van der Waals surface area (Å²) in [5.74, 6) is 0.0572. The van der Waals surface area contributed by atoms with E-state index in [4.69, 9.17) is 16.3 Å². The number of carbonyl (C=O) groups excluding carboxylic acids is 3. The van der Waals surface area contributed by atoms with E-state index in [0.29, 0.717) is 52.6 Å². The third-order valence-corrected chi connectivity index (χ3v) is 9.49. The maximum Gasteiger partial charge on any atom is 0.247 e. The van der Waals surface area contributed by atoms with Crippen LogP contribution in [0, 0.1) is 5.41 Å². The van der Waals surface area contributed by atoms with Crippen LogP contribution in [0.5, 0.6) is 5.75 Å². The van der Waals surface area contributed by atoms with Gasteiger partial charge in [0, 0.05) is 36.8 Å². The number of likely N-dealkylation sites (N-methyl/N-ethyl adjacent to an activating group) is 1. The van der Waals surface area contributed by atoms with Crippen molar-refractivity contribution < 1.29 is 19.1 Å². The van der Waals surface area contributed by atoms with Gasteiger partial charge in [-0.1, -0.05) is 32.4 Å². The first-order valence-corrected chi connectivity index (χ1v) is 17.0. The van der Waals surface area contributed by atoms with Crippen LogP contribution in [-0.4, -0.2) is 84.5 Å². The van der Waals surface area contributed by atoms with Gasteiger partial charge in [-0.2, -0.15) is 0 Å².